The summed E-state index contributed by atoms with van der Waals surface area (Å²) < 4.78 is 0. The monoisotopic (exact) mass is 293 g/mol. The summed E-state index contributed by atoms with van der Waals surface area (Å²) in [6.07, 6.45) is 11.3. The quantitative estimate of drug-likeness (QED) is 0.825. The minimum absolute atomic E-state index is 0.215. The molecule has 0 unspecified atom stereocenters. The highest BCUT2D eigenvalue weighted by molar-refractivity contribution is 6.32. The molecule has 1 aliphatic heterocycles. The molecule has 3 heterocycles. The lowest BCUT2D eigenvalue weighted by molar-refractivity contribution is -0.116. The SMILES string of the molecule is O=C1NN=C(c2cnccn2)/C1=C\c1cc2c([nH]1)CCCC2. The van der Waals surface area contributed by atoms with Gasteiger partial charge in [0.2, 0.25) is 0 Å². The van der Waals surface area contributed by atoms with Crippen LogP contribution in [0.15, 0.2) is 35.3 Å². The predicted molar refractivity (Wildman–Crippen MR) is 82.1 cm³/mol. The van der Waals surface area contributed by atoms with Crippen molar-refractivity contribution in [3.05, 3.63) is 52.9 Å². The van der Waals surface area contributed by atoms with E-state index in [-0.39, 0.29) is 5.91 Å². The number of nitrogens with one attached hydrogen (secondary N) is 2. The third kappa shape index (κ3) is 2.22. The van der Waals surface area contributed by atoms with Gasteiger partial charge >= 0.3 is 0 Å². The summed E-state index contributed by atoms with van der Waals surface area (Å²) in [4.78, 5) is 23.7. The third-order valence-electron chi connectivity index (χ3n) is 4.01. The van der Waals surface area contributed by atoms with Gasteiger partial charge in [0.15, 0.2) is 0 Å². The molecule has 1 aliphatic carbocycles. The van der Waals surface area contributed by atoms with Crippen LogP contribution in [0.5, 0.6) is 0 Å². The number of aromatic amines is 1. The summed E-state index contributed by atoms with van der Waals surface area (Å²) in [7, 11) is 0. The first kappa shape index (κ1) is 12.9. The number of aromatic nitrogens is 3. The van der Waals surface area contributed by atoms with Crippen molar-refractivity contribution in [2.75, 3.05) is 0 Å². The van der Waals surface area contributed by atoms with Crippen molar-refractivity contribution in [1.82, 2.24) is 20.4 Å². The van der Waals surface area contributed by atoms with Gasteiger partial charge in [-0.05, 0) is 43.4 Å². The summed E-state index contributed by atoms with van der Waals surface area (Å²) in [6.45, 7) is 0. The molecule has 0 spiro atoms. The first-order valence-corrected chi connectivity index (χ1v) is 7.38. The molecule has 0 radical (unpaired) electrons. The van der Waals surface area contributed by atoms with Crippen molar-refractivity contribution in [1.29, 1.82) is 0 Å². The van der Waals surface area contributed by atoms with E-state index in [9.17, 15) is 4.79 Å². The number of carbonyl (C=O) groups is 1. The Hall–Kier alpha value is -2.76. The molecule has 0 saturated carbocycles. The summed E-state index contributed by atoms with van der Waals surface area (Å²) in [5.74, 6) is -0.215. The molecular formula is C16H15N5O. The second kappa shape index (κ2) is 5.22. The number of hydrazone groups is 1. The lowest BCUT2D eigenvalue weighted by Crippen LogP contribution is -2.14. The van der Waals surface area contributed by atoms with Crippen LogP contribution < -0.4 is 5.43 Å². The zero-order chi connectivity index (χ0) is 14.9. The van der Waals surface area contributed by atoms with Crippen LogP contribution in [-0.4, -0.2) is 26.6 Å². The van der Waals surface area contributed by atoms with Crippen LogP contribution in [0, 0.1) is 0 Å². The second-order valence-electron chi connectivity index (χ2n) is 5.49. The minimum Gasteiger partial charge on any atom is -0.359 e. The molecule has 0 saturated heterocycles. The van der Waals surface area contributed by atoms with E-state index in [4.69, 9.17) is 0 Å². The van der Waals surface area contributed by atoms with E-state index >= 15 is 0 Å². The number of rotatable bonds is 2. The fourth-order valence-electron chi connectivity index (χ4n) is 2.95. The molecule has 2 aromatic rings. The van der Waals surface area contributed by atoms with Gasteiger partial charge in [-0.3, -0.25) is 14.8 Å². The molecule has 22 heavy (non-hydrogen) atoms. The van der Waals surface area contributed by atoms with Crippen LogP contribution in [0.2, 0.25) is 0 Å². The summed E-state index contributed by atoms with van der Waals surface area (Å²) in [5.41, 5.74) is 7.71. The Morgan fingerprint density at radius 2 is 2.09 bits per heavy atom. The molecule has 0 atom stereocenters. The number of hydrogen-bond donors (Lipinski definition) is 2. The van der Waals surface area contributed by atoms with Gasteiger partial charge in [-0.2, -0.15) is 5.10 Å². The van der Waals surface area contributed by atoms with Gasteiger partial charge in [0.25, 0.3) is 5.91 Å². The standard InChI is InChI=1S/C16H15N5O/c22-16-12(15(20-21-16)14-9-17-5-6-18-14)8-11-7-10-3-1-2-4-13(10)19-11/h5-9,19H,1-4H2,(H,21,22)/b12-8+. The lowest BCUT2D eigenvalue weighted by atomic mass is 9.98. The van der Waals surface area contributed by atoms with Crippen molar-refractivity contribution in [3.63, 3.8) is 0 Å². The van der Waals surface area contributed by atoms with Crippen molar-refractivity contribution in [3.8, 4) is 0 Å². The lowest BCUT2D eigenvalue weighted by Gasteiger charge is -2.08. The van der Waals surface area contributed by atoms with Gasteiger partial charge in [0.1, 0.15) is 11.4 Å². The van der Waals surface area contributed by atoms with Crippen LogP contribution in [0.1, 0.15) is 35.5 Å². The predicted octanol–water partition coefficient (Wildman–Crippen LogP) is 1.60. The summed E-state index contributed by atoms with van der Waals surface area (Å²) in [5, 5.41) is 4.08. The van der Waals surface area contributed by atoms with E-state index in [1.165, 1.54) is 24.1 Å². The maximum Gasteiger partial charge on any atom is 0.273 e. The van der Waals surface area contributed by atoms with E-state index in [0.717, 1.165) is 18.5 Å². The van der Waals surface area contributed by atoms with Crippen LogP contribution in [0.25, 0.3) is 6.08 Å². The number of fused-ring (bicyclic) bond motifs is 1. The normalized spacial score (nSPS) is 19.0. The highest BCUT2D eigenvalue weighted by Crippen LogP contribution is 2.24. The highest BCUT2D eigenvalue weighted by atomic mass is 16.2. The van der Waals surface area contributed by atoms with Crippen LogP contribution >= 0.6 is 0 Å². The van der Waals surface area contributed by atoms with Crippen molar-refractivity contribution < 1.29 is 4.79 Å². The zero-order valence-electron chi connectivity index (χ0n) is 12.0. The smallest absolute Gasteiger partial charge is 0.273 e. The number of H-pyrrole nitrogens is 1. The minimum atomic E-state index is -0.215. The van der Waals surface area contributed by atoms with Crippen molar-refractivity contribution >= 4 is 17.7 Å². The molecule has 2 aliphatic rings. The second-order valence-corrected chi connectivity index (χ2v) is 5.49. The van der Waals surface area contributed by atoms with E-state index in [1.54, 1.807) is 18.6 Å². The molecule has 2 N–H and O–H groups in total. The van der Waals surface area contributed by atoms with E-state index in [2.05, 4.69) is 31.5 Å². The fraction of sp³-hybridized carbons (Fsp3) is 0.250. The van der Waals surface area contributed by atoms with Gasteiger partial charge in [0, 0.05) is 23.8 Å². The fourth-order valence-corrected chi connectivity index (χ4v) is 2.95. The Balaban J connectivity index is 1.72. The number of nitrogens with zero attached hydrogens (tertiary/aromatic N) is 3. The van der Waals surface area contributed by atoms with Crippen molar-refractivity contribution in [2.45, 2.75) is 25.7 Å². The zero-order valence-corrected chi connectivity index (χ0v) is 12.0. The average Bonchev–Trinajstić information content (AvgIpc) is 3.12. The van der Waals surface area contributed by atoms with Gasteiger partial charge in [-0.25, -0.2) is 5.43 Å². The molecule has 110 valence electrons. The highest BCUT2D eigenvalue weighted by Gasteiger charge is 2.25. The Bertz CT molecular complexity index is 765. The number of aryl methyl sites for hydroxylation is 2. The maximum atomic E-state index is 12.0. The molecule has 0 fully saturated rings. The van der Waals surface area contributed by atoms with Gasteiger partial charge in [0.05, 0.1) is 11.8 Å². The van der Waals surface area contributed by atoms with E-state index in [1.807, 2.05) is 6.08 Å². The Labute approximate surface area is 127 Å². The van der Waals surface area contributed by atoms with E-state index in [0.29, 0.717) is 17.0 Å². The number of carbonyl (C=O) groups excluding carboxylic acids is 1. The molecule has 0 aromatic carbocycles. The Morgan fingerprint density at radius 3 is 2.91 bits per heavy atom. The molecule has 4 rings (SSSR count). The third-order valence-corrected chi connectivity index (χ3v) is 4.01. The van der Waals surface area contributed by atoms with Crippen molar-refractivity contribution in [2.24, 2.45) is 5.10 Å². The molecule has 1 amide bonds. The topological polar surface area (TPSA) is 83.0 Å². The molecule has 6 nitrogen and oxygen atoms in total. The molecule has 6 heteroatoms. The van der Waals surface area contributed by atoms with Crippen LogP contribution in [-0.2, 0) is 17.6 Å². The Kier molecular flexibility index (Phi) is 3.07. The van der Waals surface area contributed by atoms with Gasteiger partial charge in [-0.15, -0.1) is 0 Å². The van der Waals surface area contributed by atoms with E-state index < -0.39 is 0 Å². The largest absolute Gasteiger partial charge is 0.359 e. The maximum absolute atomic E-state index is 12.0. The average molecular weight is 293 g/mol. The number of hydrogen-bond acceptors (Lipinski definition) is 4. The molecule has 0 bridgehead atoms. The van der Waals surface area contributed by atoms with Gasteiger partial charge < -0.3 is 4.98 Å². The van der Waals surface area contributed by atoms with Gasteiger partial charge in [-0.1, -0.05) is 0 Å². The number of amides is 1. The summed E-state index contributed by atoms with van der Waals surface area (Å²) >= 11 is 0. The van der Waals surface area contributed by atoms with Crippen LogP contribution in [0.4, 0.5) is 0 Å². The molecule has 2 aromatic heterocycles. The summed E-state index contributed by atoms with van der Waals surface area (Å²) in [6, 6.07) is 2.13. The van der Waals surface area contributed by atoms with Crippen LogP contribution in [0.3, 0.4) is 0 Å². The Morgan fingerprint density at radius 1 is 1.18 bits per heavy atom. The first-order valence-electron chi connectivity index (χ1n) is 7.38. The molecular weight excluding hydrogens is 278 g/mol. The first-order chi connectivity index (χ1) is 10.8.